The highest BCUT2D eigenvalue weighted by Crippen LogP contribution is 2.29. The van der Waals surface area contributed by atoms with Gasteiger partial charge in [-0.05, 0) is 44.0 Å². The van der Waals surface area contributed by atoms with Crippen LogP contribution in [0.4, 0.5) is 5.69 Å². The van der Waals surface area contributed by atoms with Crippen molar-refractivity contribution >= 4 is 27.5 Å². The molecule has 1 atom stereocenters. The number of nitrogens with one attached hydrogen (secondary N) is 1. The molecule has 1 unspecified atom stereocenters. The van der Waals surface area contributed by atoms with Crippen LogP contribution in [0.2, 0.25) is 0 Å². The lowest BCUT2D eigenvalue weighted by atomic mass is 10.0. The van der Waals surface area contributed by atoms with Gasteiger partial charge in [-0.15, -0.1) is 0 Å². The number of carbonyl (C=O) groups excluding carboxylic acids is 1. The lowest BCUT2D eigenvalue weighted by Crippen LogP contribution is -2.15. The van der Waals surface area contributed by atoms with Gasteiger partial charge in [0.1, 0.15) is 0 Å². The Morgan fingerprint density at radius 3 is 2.55 bits per heavy atom. The number of amides is 1. The van der Waals surface area contributed by atoms with Crippen LogP contribution in [0.5, 0.6) is 0 Å². The van der Waals surface area contributed by atoms with E-state index >= 15 is 0 Å². The van der Waals surface area contributed by atoms with Crippen molar-refractivity contribution in [1.82, 2.24) is 0 Å². The molecule has 2 rings (SSSR count). The van der Waals surface area contributed by atoms with Crippen LogP contribution in [0.3, 0.4) is 0 Å². The molecule has 1 amide bonds. The zero-order valence-corrected chi connectivity index (χ0v) is 13.5. The maximum absolute atomic E-state index is 12.4. The number of hydrogen-bond donors (Lipinski definition) is 1. The summed E-state index contributed by atoms with van der Waals surface area (Å²) in [5.41, 5.74) is 4.72. The van der Waals surface area contributed by atoms with Crippen LogP contribution in [0, 0.1) is 13.8 Å². The summed E-state index contributed by atoms with van der Waals surface area (Å²) in [6.07, 6.45) is 0. The van der Waals surface area contributed by atoms with E-state index in [1.807, 2.05) is 63.2 Å². The normalized spacial score (nSPS) is 12.0. The highest BCUT2D eigenvalue weighted by Gasteiger charge is 2.13. The average molecular weight is 332 g/mol. The maximum Gasteiger partial charge on any atom is 0.255 e. The van der Waals surface area contributed by atoms with E-state index < -0.39 is 0 Å². The van der Waals surface area contributed by atoms with Gasteiger partial charge in [-0.2, -0.15) is 0 Å². The SMILES string of the molecule is Cc1ccc(C)c(C(=O)Nc2ccccc2C(C)Br)c1. The van der Waals surface area contributed by atoms with Gasteiger partial charge < -0.3 is 5.32 Å². The van der Waals surface area contributed by atoms with Crippen LogP contribution in [-0.4, -0.2) is 5.91 Å². The monoisotopic (exact) mass is 331 g/mol. The largest absolute Gasteiger partial charge is 0.322 e. The number of halogens is 1. The Morgan fingerprint density at radius 2 is 1.85 bits per heavy atom. The molecular weight excluding hydrogens is 314 g/mol. The summed E-state index contributed by atoms with van der Waals surface area (Å²) in [6, 6.07) is 13.8. The smallest absolute Gasteiger partial charge is 0.255 e. The molecule has 0 fully saturated rings. The number of para-hydroxylation sites is 1. The first kappa shape index (κ1) is 14.8. The first-order valence-electron chi connectivity index (χ1n) is 6.60. The van der Waals surface area contributed by atoms with Crippen LogP contribution in [-0.2, 0) is 0 Å². The fraction of sp³-hybridized carbons (Fsp3) is 0.235. The number of rotatable bonds is 3. The minimum absolute atomic E-state index is 0.0631. The zero-order chi connectivity index (χ0) is 14.7. The molecule has 0 spiro atoms. The Labute approximate surface area is 128 Å². The van der Waals surface area contributed by atoms with Crippen molar-refractivity contribution in [3.63, 3.8) is 0 Å². The van der Waals surface area contributed by atoms with Gasteiger partial charge in [0.05, 0.1) is 0 Å². The van der Waals surface area contributed by atoms with Crippen molar-refractivity contribution in [1.29, 1.82) is 0 Å². The second kappa shape index (κ2) is 6.23. The fourth-order valence-corrected chi connectivity index (χ4v) is 2.53. The second-order valence-corrected chi connectivity index (χ2v) is 6.35. The molecule has 0 aromatic heterocycles. The summed E-state index contributed by atoms with van der Waals surface area (Å²) in [6.45, 7) is 5.99. The van der Waals surface area contributed by atoms with Crippen molar-refractivity contribution in [2.24, 2.45) is 0 Å². The number of carbonyl (C=O) groups is 1. The molecule has 2 aromatic carbocycles. The predicted molar refractivity (Wildman–Crippen MR) is 87.7 cm³/mol. The van der Waals surface area contributed by atoms with E-state index in [1.54, 1.807) is 0 Å². The van der Waals surface area contributed by atoms with E-state index in [-0.39, 0.29) is 10.7 Å². The Bertz CT molecular complexity index is 635. The first-order chi connectivity index (χ1) is 9.49. The van der Waals surface area contributed by atoms with Gasteiger partial charge in [0, 0.05) is 16.1 Å². The Balaban J connectivity index is 2.31. The summed E-state index contributed by atoms with van der Waals surface area (Å²) >= 11 is 3.55. The van der Waals surface area contributed by atoms with E-state index in [2.05, 4.69) is 21.2 Å². The van der Waals surface area contributed by atoms with Gasteiger partial charge >= 0.3 is 0 Å². The average Bonchev–Trinajstić information content (AvgIpc) is 2.41. The van der Waals surface area contributed by atoms with Crippen molar-refractivity contribution in [3.8, 4) is 0 Å². The van der Waals surface area contributed by atoms with Crippen molar-refractivity contribution in [2.45, 2.75) is 25.6 Å². The van der Waals surface area contributed by atoms with Crippen molar-refractivity contribution in [2.75, 3.05) is 5.32 Å². The summed E-state index contributed by atoms with van der Waals surface area (Å²) in [5, 5.41) is 3.01. The maximum atomic E-state index is 12.4. The van der Waals surface area contributed by atoms with Crippen molar-refractivity contribution < 1.29 is 4.79 Å². The molecule has 0 saturated carbocycles. The Kier molecular flexibility index (Phi) is 4.61. The molecule has 104 valence electrons. The van der Waals surface area contributed by atoms with Crippen LogP contribution in [0.1, 0.15) is 38.8 Å². The standard InChI is InChI=1S/C17H18BrNO/c1-11-8-9-12(2)15(10-11)17(20)19-16-7-5-4-6-14(16)13(3)18/h4-10,13H,1-3H3,(H,19,20). The molecule has 2 aromatic rings. The molecule has 0 bridgehead atoms. The van der Waals surface area contributed by atoms with Crippen LogP contribution >= 0.6 is 15.9 Å². The van der Waals surface area contributed by atoms with Gasteiger partial charge in [-0.25, -0.2) is 0 Å². The Hall–Kier alpha value is -1.61. The first-order valence-corrected chi connectivity index (χ1v) is 7.52. The summed E-state index contributed by atoms with van der Waals surface area (Å²) < 4.78 is 0. The molecule has 0 heterocycles. The zero-order valence-electron chi connectivity index (χ0n) is 11.9. The third kappa shape index (κ3) is 3.28. The van der Waals surface area contributed by atoms with Gasteiger partial charge in [-0.1, -0.05) is 51.8 Å². The molecule has 3 heteroatoms. The van der Waals surface area contributed by atoms with E-state index in [1.165, 1.54) is 0 Å². The third-order valence-corrected chi connectivity index (χ3v) is 3.77. The van der Waals surface area contributed by atoms with Crippen LogP contribution in [0.15, 0.2) is 42.5 Å². The topological polar surface area (TPSA) is 29.1 Å². The molecule has 1 N–H and O–H groups in total. The number of alkyl halides is 1. The van der Waals surface area contributed by atoms with E-state index in [9.17, 15) is 4.79 Å². The number of benzene rings is 2. The molecule has 0 aliphatic carbocycles. The van der Waals surface area contributed by atoms with Gasteiger partial charge in [0.2, 0.25) is 0 Å². The van der Waals surface area contributed by atoms with Crippen molar-refractivity contribution in [3.05, 3.63) is 64.7 Å². The predicted octanol–water partition coefficient (Wildman–Crippen LogP) is 5.01. The van der Waals surface area contributed by atoms with Crippen LogP contribution in [0.25, 0.3) is 0 Å². The highest BCUT2D eigenvalue weighted by molar-refractivity contribution is 9.09. The minimum Gasteiger partial charge on any atom is -0.322 e. The van der Waals surface area contributed by atoms with Crippen LogP contribution < -0.4 is 5.32 Å². The Morgan fingerprint density at radius 1 is 1.15 bits per heavy atom. The van der Waals surface area contributed by atoms with E-state index in [0.717, 1.165) is 27.9 Å². The molecule has 0 saturated heterocycles. The number of aryl methyl sites for hydroxylation is 2. The lowest BCUT2D eigenvalue weighted by Gasteiger charge is -2.14. The molecular formula is C17H18BrNO. The molecule has 0 aliphatic rings. The molecule has 0 radical (unpaired) electrons. The quantitative estimate of drug-likeness (QED) is 0.787. The lowest BCUT2D eigenvalue weighted by molar-refractivity contribution is 0.102. The fourth-order valence-electron chi connectivity index (χ4n) is 2.13. The highest BCUT2D eigenvalue weighted by atomic mass is 79.9. The van der Waals surface area contributed by atoms with E-state index in [0.29, 0.717) is 0 Å². The summed E-state index contributed by atoms with van der Waals surface area (Å²) in [4.78, 5) is 12.6. The van der Waals surface area contributed by atoms with Gasteiger partial charge in [0.15, 0.2) is 0 Å². The third-order valence-electron chi connectivity index (χ3n) is 3.28. The molecule has 0 aliphatic heterocycles. The molecule has 20 heavy (non-hydrogen) atoms. The number of anilines is 1. The second-order valence-electron chi connectivity index (χ2n) is 4.98. The minimum atomic E-state index is -0.0631. The van der Waals surface area contributed by atoms with Gasteiger partial charge in [-0.3, -0.25) is 4.79 Å². The van der Waals surface area contributed by atoms with Gasteiger partial charge in [0.25, 0.3) is 5.91 Å². The number of hydrogen-bond acceptors (Lipinski definition) is 1. The summed E-state index contributed by atoms with van der Waals surface area (Å²) in [5.74, 6) is -0.0631. The summed E-state index contributed by atoms with van der Waals surface area (Å²) in [7, 11) is 0. The molecule has 2 nitrogen and oxygen atoms in total. The van der Waals surface area contributed by atoms with E-state index in [4.69, 9.17) is 0 Å².